The molecule has 3 atom stereocenters. The van der Waals surface area contributed by atoms with Crippen molar-refractivity contribution in [3.63, 3.8) is 0 Å². The highest BCUT2D eigenvalue weighted by atomic mass is 32.2. The van der Waals surface area contributed by atoms with Gasteiger partial charge in [-0.3, -0.25) is 3.97 Å². The van der Waals surface area contributed by atoms with Crippen molar-refractivity contribution in [1.29, 1.82) is 4.78 Å². The van der Waals surface area contributed by atoms with E-state index in [-0.39, 0.29) is 16.5 Å². The van der Waals surface area contributed by atoms with Gasteiger partial charge in [0.1, 0.15) is 5.82 Å². The predicted octanol–water partition coefficient (Wildman–Crippen LogP) is 5.10. The Kier molecular flexibility index (Phi) is 6.37. The maximum atomic E-state index is 15.1. The van der Waals surface area contributed by atoms with Crippen LogP contribution in [0, 0.1) is 17.5 Å². The molecule has 0 amide bonds. The molecule has 0 radical (unpaired) electrons. The average Bonchev–Trinajstić information content (AvgIpc) is 2.91. The molecule has 0 saturated heterocycles. The summed E-state index contributed by atoms with van der Waals surface area (Å²) in [5.74, 6) is -0.580. The van der Waals surface area contributed by atoms with Gasteiger partial charge in [0.15, 0.2) is 9.92 Å². The van der Waals surface area contributed by atoms with Crippen molar-refractivity contribution in [3.05, 3.63) is 58.9 Å². The Morgan fingerprint density at radius 3 is 2.54 bits per heavy atom. The van der Waals surface area contributed by atoms with E-state index in [1.165, 1.54) is 16.1 Å². The van der Waals surface area contributed by atoms with Gasteiger partial charge in [-0.15, -0.1) is 0 Å². The third kappa shape index (κ3) is 4.29. The molecule has 0 aliphatic rings. The largest absolute Gasteiger partial charge is 0.251 e. The van der Waals surface area contributed by atoms with E-state index in [9.17, 15) is 8.42 Å². The van der Waals surface area contributed by atoms with Crippen molar-refractivity contribution in [1.82, 2.24) is 8.69 Å². The van der Waals surface area contributed by atoms with E-state index in [4.69, 9.17) is 4.78 Å². The summed E-state index contributed by atoms with van der Waals surface area (Å²) >= 11 is 0. The van der Waals surface area contributed by atoms with Crippen molar-refractivity contribution in [2.45, 2.75) is 52.3 Å². The van der Waals surface area contributed by atoms with Gasteiger partial charge in [-0.1, -0.05) is 12.7 Å². The van der Waals surface area contributed by atoms with Gasteiger partial charge in [0.2, 0.25) is 0 Å². The van der Waals surface area contributed by atoms with Gasteiger partial charge in [-0.2, -0.15) is 0 Å². The van der Waals surface area contributed by atoms with Gasteiger partial charge >= 0.3 is 0 Å². The Morgan fingerprint density at radius 2 is 2.00 bits per heavy atom. The highest BCUT2D eigenvalue weighted by Gasteiger charge is 2.24. The maximum Gasteiger partial charge on any atom is 0.162 e. The molecule has 3 unspecified atom stereocenters. The van der Waals surface area contributed by atoms with E-state index < -0.39 is 31.5 Å². The zero-order valence-corrected chi connectivity index (χ0v) is 18.8. The highest BCUT2D eigenvalue weighted by Crippen LogP contribution is 2.30. The molecule has 0 aliphatic carbocycles. The molecule has 2 aromatic rings. The summed E-state index contributed by atoms with van der Waals surface area (Å²) in [4.78, 5) is 0.106. The predicted molar refractivity (Wildman–Crippen MR) is 116 cm³/mol. The van der Waals surface area contributed by atoms with E-state index in [0.717, 1.165) is 0 Å². The first-order valence-corrected chi connectivity index (χ1v) is 11.6. The van der Waals surface area contributed by atoms with Crippen LogP contribution in [-0.4, -0.2) is 17.1 Å². The number of aryl methyl sites for hydroxylation is 1. The summed E-state index contributed by atoms with van der Waals surface area (Å²) in [5.41, 5.74) is 1.25. The number of fused-ring (bicyclic) bond motifs is 1. The third-order valence-electron chi connectivity index (χ3n) is 4.31. The van der Waals surface area contributed by atoms with Crippen molar-refractivity contribution in [2.24, 2.45) is 0 Å². The van der Waals surface area contributed by atoms with E-state index in [1.807, 2.05) is 27.7 Å². The standard InChI is InChI=1S/C20H28FN3O2S2/c1-8-9-14(3)28(22,26)24-13(2)10-17-11-16(12-18(21)19(17)24)15(4)23-27(25)20(5,6)7/h8-12,15,22-23H,3H2,1-2,4-7H3. The van der Waals surface area contributed by atoms with Crippen LogP contribution in [0.5, 0.6) is 0 Å². The normalized spacial score (nSPS) is 17.0. The Balaban J connectivity index is 2.57. The maximum absolute atomic E-state index is 15.1. The molecule has 0 saturated carbocycles. The van der Waals surface area contributed by atoms with Crippen molar-refractivity contribution < 1.29 is 12.8 Å². The van der Waals surface area contributed by atoms with E-state index in [0.29, 0.717) is 16.6 Å². The van der Waals surface area contributed by atoms with Gasteiger partial charge in [0.05, 0.1) is 26.2 Å². The molecule has 8 heteroatoms. The molecule has 0 bridgehead atoms. The van der Waals surface area contributed by atoms with Gasteiger partial charge in [-0.25, -0.2) is 22.3 Å². The first-order valence-electron chi connectivity index (χ1n) is 8.91. The number of benzene rings is 1. The second-order valence-corrected chi connectivity index (χ2v) is 11.7. The lowest BCUT2D eigenvalue weighted by atomic mass is 10.1. The zero-order valence-electron chi connectivity index (χ0n) is 17.1. The number of allylic oxidation sites excluding steroid dienone is 2. The van der Waals surface area contributed by atoms with Crippen molar-refractivity contribution >= 4 is 31.8 Å². The van der Waals surface area contributed by atoms with Crippen LogP contribution in [0.3, 0.4) is 0 Å². The molecule has 154 valence electrons. The van der Waals surface area contributed by atoms with E-state index in [2.05, 4.69) is 11.3 Å². The number of nitrogens with one attached hydrogen (secondary N) is 2. The van der Waals surface area contributed by atoms with Crippen molar-refractivity contribution in [3.8, 4) is 0 Å². The summed E-state index contributed by atoms with van der Waals surface area (Å²) in [5, 5.41) is 0.538. The molecule has 5 nitrogen and oxygen atoms in total. The summed E-state index contributed by atoms with van der Waals surface area (Å²) in [6.07, 6.45) is 3.15. The van der Waals surface area contributed by atoms with Crippen LogP contribution < -0.4 is 4.72 Å². The highest BCUT2D eigenvalue weighted by molar-refractivity contribution is 7.95. The number of hydrogen-bond acceptors (Lipinski definition) is 3. The van der Waals surface area contributed by atoms with Crippen LogP contribution in [0.25, 0.3) is 10.9 Å². The number of halogens is 1. The minimum absolute atomic E-state index is 0.106. The molecular weight excluding hydrogens is 397 g/mol. The summed E-state index contributed by atoms with van der Waals surface area (Å²) in [6.45, 7) is 14.5. The van der Waals surface area contributed by atoms with E-state index in [1.54, 1.807) is 32.1 Å². The molecule has 2 N–H and O–H groups in total. The summed E-state index contributed by atoms with van der Waals surface area (Å²) < 4.78 is 52.5. The average molecular weight is 426 g/mol. The molecule has 0 spiro atoms. The fourth-order valence-electron chi connectivity index (χ4n) is 2.81. The molecule has 0 aliphatic heterocycles. The molecule has 1 aromatic heterocycles. The number of nitrogens with zero attached hydrogens (tertiary/aromatic N) is 1. The van der Waals surface area contributed by atoms with Crippen LogP contribution in [0.2, 0.25) is 0 Å². The Morgan fingerprint density at radius 1 is 1.39 bits per heavy atom. The van der Waals surface area contributed by atoms with Gasteiger partial charge in [0.25, 0.3) is 0 Å². The lowest BCUT2D eigenvalue weighted by Gasteiger charge is -2.22. The Hall–Kier alpha value is -1.77. The molecule has 1 aromatic carbocycles. The minimum Gasteiger partial charge on any atom is -0.251 e. The summed E-state index contributed by atoms with van der Waals surface area (Å²) in [7, 11) is -4.78. The second-order valence-electron chi connectivity index (χ2n) is 7.73. The van der Waals surface area contributed by atoms with Crippen LogP contribution in [0.1, 0.15) is 51.9 Å². The van der Waals surface area contributed by atoms with Crippen molar-refractivity contribution in [2.75, 3.05) is 0 Å². The van der Waals surface area contributed by atoms with Crippen LogP contribution in [0.4, 0.5) is 4.39 Å². The molecular formula is C20H28FN3O2S2. The van der Waals surface area contributed by atoms with Gasteiger partial charge < -0.3 is 0 Å². The monoisotopic (exact) mass is 425 g/mol. The molecule has 2 rings (SSSR count). The fraction of sp³-hybridized carbons (Fsp3) is 0.400. The third-order valence-corrected chi connectivity index (χ3v) is 7.82. The quantitative estimate of drug-likeness (QED) is 0.632. The second kappa shape index (κ2) is 7.93. The lowest BCUT2D eigenvalue weighted by Crippen LogP contribution is -2.34. The Bertz CT molecular complexity index is 1080. The van der Waals surface area contributed by atoms with Crippen LogP contribution >= 0.6 is 0 Å². The first kappa shape index (κ1) is 22.5. The fourth-order valence-corrected chi connectivity index (χ4v) is 5.08. The molecule has 28 heavy (non-hydrogen) atoms. The zero-order chi connectivity index (χ0) is 21.4. The molecule has 0 fully saturated rings. The smallest absolute Gasteiger partial charge is 0.162 e. The summed E-state index contributed by atoms with van der Waals surface area (Å²) in [6, 6.07) is 4.46. The molecule has 1 heterocycles. The van der Waals surface area contributed by atoms with Crippen LogP contribution in [0.15, 0.2) is 41.8 Å². The topological polar surface area (TPSA) is 75.0 Å². The number of aromatic nitrogens is 1. The SMILES string of the molecule is C=C(C=CC)S(=N)(=O)n1c(C)cc2cc(C(C)NS(=O)C(C)(C)C)cc(F)c21. The van der Waals surface area contributed by atoms with Crippen LogP contribution in [-0.2, 0) is 20.9 Å². The minimum atomic E-state index is -3.48. The Labute approximate surface area is 169 Å². The number of hydrogen-bond donors (Lipinski definition) is 2. The van der Waals surface area contributed by atoms with Gasteiger partial charge in [-0.05, 0) is 71.4 Å². The lowest BCUT2D eigenvalue weighted by molar-refractivity contribution is 0.608. The van der Waals surface area contributed by atoms with E-state index >= 15 is 4.39 Å². The first-order chi connectivity index (χ1) is 12.8. The van der Waals surface area contributed by atoms with Gasteiger partial charge in [0, 0.05) is 17.1 Å². The number of rotatable bonds is 6.